The maximum absolute atomic E-state index is 5.93. The molecule has 3 heteroatoms. The fraction of sp³-hybridized carbons (Fsp3) is 0.118. The van der Waals surface area contributed by atoms with Crippen molar-refractivity contribution in [2.45, 2.75) is 11.9 Å². The van der Waals surface area contributed by atoms with Crippen LogP contribution >= 0.6 is 15.9 Å². The van der Waals surface area contributed by atoms with Crippen LogP contribution in [-0.2, 0) is 11.9 Å². The molecule has 0 unspecified atom stereocenters. The van der Waals surface area contributed by atoms with E-state index in [-0.39, 0.29) is 0 Å². The Kier molecular flexibility index (Phi) is 3.97. The molecule has 100 valence electrons. The van der Waals surface area contributed by atoms with Crippen LogP contribution in [0.3, 0.4) is 0 Å². The van der Waals surface area contributed by atoms with Gasteiger partial charge in [0.1, 0.15) is 12.4 Å². The van der Waals surface area contributed by atoms with E-state index in [1.807, 2.05) is 24.3 Å². The first-order chi connectivity index (χ1) is 9.88. The van der Waals surface area contributed by atoms with Crippen molar-refractivity contribution in [2.24, 2.45) is 0 Å². The molecule has 3 rings (SSSR count). The van der Waals surface area contributed by atoms with E-state index >= 15 is 0 Å². The Morgan fingerprint density at radius 3 is 2.60 bits per heavy atom. The highest BCUT2D eigenvalue weighted by Crippen LogP contribution is 2.30. The number of ether oxygens (including phenoxy) is 1. The smallest absolute Gasteiger partial charge is 0.130 e. The van der Waals surface area contributed by atoms with Gasteiger partial charge < -0.3 is 4.74 Å². The molecule has 0 amide bonds. The fourth-order valence-electron chi connectivity index (χ4n) is 2.22. The van der Waals surface area contributed by atoms with E-state index in [0.29, 0.717) is 6.61 Å². The molecular formula is C17H14BrNO. The topological polar surface area (TPSA) is 22.1 Å². The molecule has 0 N–H and O–H groups in total. The summed E-state index contributed by atoms with van der Waals surface area (Å²) in [6.07, 6.45) is 1.78. The monoisotopic (exact) mass is 327 g/mol. The largest absolute Gasteiger partial charge is 0.487 e. The first-order valence-corrected chi connectivity index (χ1v) is 7.60. The van der Waals surface area contributed by atoms with E-state index < -0.39 is 0 Å². The number of aromatic nitrogens is 1. The minimum atomic E-state index is 0.485. The van der Waals surface area contributed by atoms with Crippen LogP contribution in [0.5, 0.6) is 5.75 Å². The van der Waals surface area contributed by atoms with Crippen LogP contribution in [-0.4, -0.2) is 4.98 Å². The Balaban J connectivity index is 1.91. The number of halogens is 1. The van der Waals surface area contributed by atoms with Crippen molar-refractivity contribution in [2.75, 3.05) is 0 Å². The van der Waals surface area contributed by atoms with Gasteiger partial charge in [0.2, 0.25) is 0 Å². The molecule has 0 spiro atoms. The minimum absolute atomic E-state index is 0.485. The molecule has 20 heavy (non-hydrogen) atoms. The van der Waals surface area contributed by atoms with Gasteiger partial charge in [-0.2, -0.15) is 0 Å². The Morgan fingerprint density at radius 1 is 0.950 bits per heavy atom. The standard InChI is InChI=1S/C17H14BrNO/c18-11-16-15-7-2-1-5-13(15)8-9-17(16)20-12-14-6-3-4-10-19-14/h1-10H,11-12H2. The number of benzene rings is 2. The van der Waals surface area contributed by atoms with Crippen LogP contribution in [0.15, 0.2) is 60.8 Å². The van der Waals surface area contributed by atoms with Crippen molar-refractivity contribution in [3.05, 3.63) is 72.1 Å². The lowest BCUT2D eigenvalue weighted by atomic mass is 10.0. The molecule has 0 saturated carbocycles. The maximum Gasteiger partial charge on any atom is 0.130 e. The molecule has 2 nitrogen and oxygen atoms in total. The molecular weight excluding hydrogens is 314 g/mol. The molecule has 0 aliphatic rings. The molecule has 3 aromatic rings. The molecule has 0 fully saturated rings. The number of hydrogen-bond acceptors (Lipinski definition) is 2. The van der Waals surface area contributed by atoms with Crippen molar-refractivity contribution < 1.29 is 4.74 Å². The van der Waals surface area contributed by atoms with E-state index in [4.69, 9.17) is 4.74 Å². The summed E-state index contributed by atoms with van der Waals surface area (Å²) in [5, 5.41) is 3.22. The maximum atomic E-state index is 5.93. The summed E-state index contributed by atoms with van der Waals surface area (Å²) in [7, 11) is 0. The minimum Gasteiger partial charge on any atom is -0.487 e. The summed E-state index contributed by atoms with van der Waals surface area (Å²) in [5.41, 5.74) is 2.11. The van der Waals surface area contributed by atoms with Crippen molar-refractivity contribution >= 4 is 26.7 Å². The highest BCUT2D eigenvalue weighted by molar-refractivity contribution is 9.08. The Labute approximate surface area is 126 Å². The highest BCUT2D eigenvalue weighted by Gasteiger charge is 2.08. The zero-order chi connectivity index (χ0) is 13.8. The van der Waals surface area contributed by atoms with Gasteiger partial charge in [0.05, 0.1) is 5.69 Å². The second kappa shape index (κ2) is 6.06. The lowest BCUT2D eigenvalue weighted by Gasteiger charge is -2.12. The summed E-state index contributed by atoms with van der Waals surface area (Å²) in [4.78, 5) is 4.27. The Bertz CT molecular complexity index is 713. The molecule has 0 aliphatic heterocycles. The number of fused-ring (bicyclic) bond motifs is 1. The van der Waals surface area contributed by atoms with Crippen molar-refractivity contribution in [3.8, 4) is 5.75 Å². The van der Waals surface area contributed by atoms with Gasteiger partial charge >= 0.3 is 0 Å². The Morgan fingerprint density at radius 2 is 1.80 bits per heavy atom. The lowest BCUT2D eigenvalue weighted by molar-refractivity contribution is 0.299. The summed E-state index contributed by atoms with van der Waals surface area (Å²) in [6, 6.07) is 18.3. The first kappa shape index (κ1) is 13.1. The van der Waals surface area contributed by atoms with Crippen LogP contribution in [0.2, 0.25) is 0 Å². The van der Waals surface area contributed by atoms with Crippen LogP contribution < -0.4 is 4.74 Å². The second-order valence-electron chi connectivity index (χ2n) is 4.51. The van der Waals surface area contributed by atoms with Crippen molar-refractivity contribution in [3.63, 3.8) is 0 Å². The summed E-state index contributed by atoms with van der Waals surface area (Å²) < 4.78 is 5.93. The molecule has 0 radical (unpaired) electrons. The van der Waals surface area contributed by atoms with Crippen molar-refractivity contribution in [1.82, 2.24) is 4.98 Å². The van der Waals surface area contributed by atoms with Gasteiger partial charge in [-0.1, -0.05) is 52.3 Å². The summed E-state index contributed by atoms with van der Waals surface area (Å²) in [6.45, 7) is 0.485. The zero-order valence-corrected chi connectivity index (χ0v) is 12.5. The third-order valence-electron chi connectivity index (χ3n) is 3.23. The normalized spacial score (nSPS) is 10.7. The third-order valence-corrected chi connectivity index (χ3v) is 3.79. The second-order valence-corrected chi connectivity index (χ2v) is 5.07. The number of alkyl halides is 1. The Hall–Kier alpha value is -1.87. The predicted octanol–water partition coefficient (Wildman–Crippen LogP) is 4.71. The predicted molar refractivity (Wildman–Crippen MR) is 85.1 cm³/mol. The van der Waals surface area contributed by atoms with E-state index in [9.17, 15) is 0 Å². The molecule has 2 aromatic carbocycles. The van der Waals surface area contributed by atoms with Crippen LogP contribution in [0.4, 0.5) is 0 Å². The average molecular weight is 328 g/mol. The summed E-state index contributed by atoms with van der Waals surface area (Å²) >= 11 is 3.56. The van der Waals surface area contributed by atoms with E-state index in [0.717, 1.165) is 16.8 Å². The zero-order valence-electron chi connectivity index (χ0n) is 10.9. The lowest BCUT2D eigenvalue weighted by Crippen LogP contribution is -2.00. The highest BCUT2D eigenvalue weighted by atomic mass is 79.9. The van der Waals surface area contributed by atoms with Crippen LogP contribution in [0.1, 0.15) is 11.3 Å². The SMILES string of the molecule is BrCc1c(OCc2ccccn2)ccc2ccccc12. The van der Waals surface area contributed by atoms with Gasteiger partial charge in [-0.3, -0.25) is 4.98 Å². The average Bonchev–Trinajstić information content (AvgIpc) is 2.53. The van der Waals surface area contributed by atoms with E-state index in [2.05, 4.69) is 51.2 Å². The van der Waals surface area contributed by atoms with Crippen molar-refractivity contribution in [1.29, 1.82) is 0 Å². The third kappa shape index (κ3) is 2.68. The number of pyridine rings is 1. The quantitative estimate of drug-likeness (QED) is 0.647. The number of hydrogen-bond donors (Lipinski definition) is 0. The molecule has 0 aliphatic carbocycles. The first-order valence-electron chi connectivity index (χ1n) is 6.48. The number of rotatable bonds is 4. The van der Waals surface area contributed by atoms with Gasteiger partial charge in [-0.15, -0.1) is 0 Å². The van der Waals surface area contributed by atoms with Crippen LogP contribution in [0.25, 0.3) is 10.8 Å². The van der Waals surface area contributed by atoms with E-state index in [1.54, 1.807) is 6.20 Å². The molecule has 1 aromatic heterocycles. The summed E-state index contributed by atoms with van der Waals surface area (Å²) in [5.74, 6) is 0.909. The van der Waals surface area contributed by atoms with Gasteiger partial charge in [0.25, 0.3) is 0 Å². The molecule has 0 bridgehead atoms. The number of nitrogens with zero attached hydrogens (tertiary/aromatic N) is 1. The van der Waals surface area contributed by atoms with Crippen LogP contribution in [0, 0.1) is 0 Å². The van der Waals surface area contributed by atoms with Gasteiger partial charge in [-0.25, -0.2) is 0 Å². The fourth-order valence-corrected chi connectivity index (χ4v) is 2.80. The van der Waals surface area contributed by atoms with Gasteiger partial charge in [0, 0.05) is 17.1 Å². The molecule has 0 saturated heterocycles. The van der Waals surface area contributed by atoms with Gasteiger partial charge in [-0.05, 0) is 29.0 Å². The van der Waals surface area contributed by atoms with Gasteiger partial charge in [0.15, 0.2) is 0 Å². The van der Waals surface area contributed by atoms with E-state index in [1.165, 1.54) is 16.3 Å². The molecule has 1 heterocycles. The molecule has 0 atom stereocenters.